The van der Waals surface area contributed by atoms with Gasteiger partial charge < -0.3 is 9.84 Å². The Morgan fingerprint density at radius 2 is 2.18 bits per heavy atom. The van der Waals surface area contributed by atoms with Crippen molar-refractivity contribution >= 4 is 16.7 Å². The second-order valence-corrected chi connectivity index (χ2v) is 5.02. The lowest BCUT2D eigenvalue weighted by Crippen LogP contribution is -2.11. The lowest BCUT2D eigenvalue weighted by Gasteiger charge is -2.11. The van der Waals surface area contributed by atoms with Crippen molar-refractivity contribution in [3.8, 4) is 11.8 Å². The van der Waals surface area contributed by atoms with Crippen LogP contribution in [0.5, 0.6) is 0 Å². The van der Waals surface area contributed by atoms with E-state index >= 15 is 0 Å². The fourth-order valence-corrected chi connectivity index (χ4v) is 2.28. The molecule has 0 spiro atoms. The summed E-state index contributed by atoms with van der Waals surface area (Å²) in [7, 11) is 1.30. The first-order chi connectivity index (χ1) is 10.7. The van der Waals surface area contributed by atoms with E-state index in [0.29, 0.717) is 19.3 Å². The predicted molar refractivity (Wildman–Crippen MR) is 85.1 cm³/mol. The van der Waals surface area contributed by atoms with E-state index in [4.69, 9.17) is 0 Å². The Bertz CT molecular complexity index is 695. The zero-order valence-corrected chi connectivity index (χ0v) is 12.6. The highest BCUT2D eigenvalue weighted by molar-refractivity contribution is 5.88. The van der Waals surface area contributed by atoms with Crippen LogP contribution in [0.15, 0.2) is 36.5 Å². The first-order valence-corrected chi connectivity index (χ1v) is 7.28. The van der Waals surface area contributed by atoms with E-state index in [1.165, 1.54) is 7.11 Å². The van der Waals surface area contributed by atoms with Crippen LogP contribution in [0.4, 0.5) is 0 Å². The van der Waals surface area contributed by atoms with E-state index in [9.17, 15) is 9.90 Å². The van der Waals surface area contributed by atoms with Gasteiger partial charge in [0, 0.05) is 30.3 Å². The maximum Gasteiger partial charge on any atom is 0.384 e. The average molecular weight is 297 g/mol. The third-order valence-corrected chi connectivity index (χ3v) is 3.40. The topological polar surface area (TPSA) is 59.4 Å². The van der Waals surface area contributed by atoms with Crippen molar-refractivity contribution in [1.29, 1.82) is 0 Å². The number of methoxy groups -OCH3 is 1. The number of carbonyl (C=O) groups excluding carboxylic acids is 1. The third kappa shape index (κ3) is 4.57. The monoisotopic (exact) mass is 297 g/mol. The quantitative estimate of drug-likeness (QED) is 0.399. The minimum Gasteiger partial charge on any atom is -0.459 e. The summed E-state index contributed by atoms with van der Waals surface area (Å²) in [5, 5.41) is 12.3. The molecule has 1 atom stereocenters. The molecule has 1 unspecified atom stereocenters. The number of fused-ring (bicyclic) bond motifs is 1. The predicted octanol–water partition coefficient (Wildman–Crippen LogP) is 2.48. The first kappa shape index (κ1) is 16.0. The Hall–Kier alpha value is -2.38. The molecule has 2 rings (SSSR count). The van der Waals surface area contributed by atoms with Gasteiger partial charge in [-0.05, 0) is 24.3 Å². The van der Waals surface area contributed by atoms with Crippen molar-refractivity contribution in [3.63, 3.8) is 0 Å². The van der Waals surface area contributed by atoms with Crippen LogP contribution in [0.1, 0.15) is 25.0 Å². The summed E-state index contributed by atoms with van der Waals surface area (Å²) in [5.74, 6) is 4.58. The first-order valence-electron chi connectivity index (χ1n) is 7.28. The molecule has 0 saturated heterocycles. The molecular formula is C18H19NO3. The minimum absolute atomic E-state index is 0.460. The van der Waals surface area contributed by atoms with Gasteiger partial charge in [0.25, 0.3) is 0 Å². The Balaban J connectivity index is 1.87. The van der Waals surface area contributed by atoms with E-state index in [2.05, 4.69) is 21.6 Å². The molecule has 4 heteroatoms. The number of esters is 1. The van der Waals surface area contributed by atoms with Gasteiger partial charge >= 0.3 is 5.97 Å². The van der Waals surface area contributed by atoms with E-state index in [0.717, 1.165) is 22.9 Å². The molecule has 0 saturated carbocycles. The highest BCUT2D eigenvalue weighted by Crippen LogP contribution is 2.18. The maximum atomic E-state index is 10.8. The molecule has 0 amide bonds. The summed E-state index contributed by atoms with van der Waals surface area (Å²) >= 11 is 0. The van der Waals surface area contributed by atoms with Gasteiger partial charge in [-0.15, -0.1) is 0 Å². The molecule has 1 N–H and O–H groups in total. The summed E-state index contributed by atoms with van der Waals surface area (Å²) in [6.07, 6.45) is 3.75. The third-order valence-electron chi connectivity index (χ3n) is 3.40. The van der Waals surface area contributed by atoms with Gasteiger partial charge in [0.1, 0.15) is 0 Å². The highest BCUT2D eigenvalue weighted by atomic mass is 16.5. The van der Waals surface area contributed by atoms with Crippen LogP contribution in [0.3, 0.4) is 0 Å². The number of benzene rings is 1. The van der Waals surface area contributed by atoms with E-state index in [1.807, 2.05) is 30.3 Å². The standard InChI is InChI=1S/C18H19NO3/c1-22-18(21)10-4-2-3-8-15(20)13-17-16-9-6-5-7-14(16)11-12-19-17/h5-7,9,11-12,15,20H,2-3,8,13H2,1H3. The van der Waals surface area contributed by atoms with Gasteiger partial charge in [0.15, 0.2) is 0 Å². The molecule has 114 valence electrons. The van der Waals surface area contributed by atoms with Crippen LogP contribution in [0.25, 0.3) is 10.8 Å². The fraction of sp³-hybridized carbons (Fsp3) is 0.333. The number of aliphatic hydroxyl groups excluding tert-OH is 1. The maximum absolute atomic E-state index is 10.8. The van der Waals surface area contributed by atoms with Gasteiger partial charge in [-0.3, -0.25) is 4.98 Å². The van der Waals surface area contributed by atoms with Gasteiger partial charge in [-0.1, -0.05) is 30.2 Å². The summed E-state index contributed by atoms with van der Waals surface area (Å²) in [4.78, 5) is 15.2. The smallest absolute Gasteiger partial charge is 0.384 e. The second-order valence-electron chi connectivity index (χ2n) is 5.02. The number of carbonyl (C=O) groups is 1. The van der Waals surface area contributed by atoms with Crippen molar-refractivity contribution in [3.05, 3.63) is 42.2 Å². The molecule has 1 aromatic heterocycles. The van der Waals surface area contributed by atoms with Crippen LogP contribution in [-0.2, 0) is 16.0 Å². The van der Waals surface area contributed by atoms with Crippen LogP contribution >= 0.6 is 0 Å². The Labute approximate surface area is 130 Å². The molecule has 0 bridgehead atoms. The zero-order valence-electron chi connectivity index (χ0n) is 12.6. The molecule has 1 heterocycles. The number of hydrogen-bond acceptors (Lipinski definition) is 4. The van der Waals surface area contributed by atoms with E-state index in [-0.39, 0.29) is 0 Å². The molecule has 2 aromatic rings. The zero-order chi connectivity index (χ0) is 15.8. The summed E-state index contributed by atoms with van der Waals surface area (Å²) in [6, 6.07) is 9.99. The number of ether oxygens (including phenoxy) is 1. The van der Waals surface area contributed by atoms with Gasteiger partial charge in [0.05, 0.1) is 18.9 Å². The Morgan fingerprint density at radius 1 is 1.36 bits per heavy atom. The minimum atomic E-state index is -0.527. The van der Waals surface area contributed by atoms with Crippen molar-refractivity contribution < 1.29 is 14.6 Å². The Morgan fingerprint density at radius 3 is 3.00 bits per heavy atom. The van der Waals surface area contributed by atoms with Crippen LogP contribution in [0.2, 0.25) is 0 Å². The van der Waals surface area contributed by atoms with E-state index in [1.54, 1.807) is 6.20 Å². The lowest BCUT2D eigenvalue weighted by molar-refractivity contribution is -0.133. The summed E-state index contributed by atoms with van der Waals surface area (Å²) in [6.45, 7) is 0. The largest absolute Gasteiger partial charge is 0.459 e. The van der Waals surface area contributed by atoms with Crippen LogP contribution in [-0.4, -0.2) is 29.3 Å². The average Bonchev–Trinajstić information content (AvgIpc) is 2.54. The number of aromatic nitrogens is 1. The molecular weight excluding hydrogens is 278 g/mol. The van der Waals surface area contributed by atoms with Crippen LogP contribution in [0, 0.1) is 11.8 Å². The van der Waals surface area contributed by atoms with Gasteiger partial charge in [-0.25, -0.2) is 4.79 Å². The number of rotatable bonds is 5. The molecule has 0 aliphatic carbocycles. The molecule has 0 radical (unpaired) electrons. The molecule has 0 fully saturated rings. The lowest BCUT2D eigenvalue weighted by atomic mass is 10.0. The van der Waals surface area contributed by atoms with Crippen LogP contribution < -0.4 is 0 Å². The molecule has 0 aliphatic heterocycles. The SMILES string of the molecule is COC(=O)C#CCCCC(O)Cc1nccc2ccccc12. The number of unbranched alkanes of at least 4 members (excludes halogenated alkanes) is 1. The highest BCUT2D eigenvalue weighted by Gasteiger charge is 2.09. The summed E-state index contributed by atoms with van der Waals surface area (Å²) in [5.41, 5.74) is 0.909. The number of nitrogens with zero attached hydrogens (tertiary/aromatic N) is 1. The normalized spacial score (nSPS) is 11.5. The second kappa shape index (κ2) is 8.16. The van der Waals surface area contributed by atoms with E-state index < -0.39 is 12.1 Å². The molecule has 1 aromatic carbocycles. The van der Waals surface area contributed by atoms with Crippen molar-refractivity contribution in [2.45, 2.75) is 31.8 Å². The van der Waals surface area contributed by atoms with Gasteiger partial charge in [-0.2, -0.15) is 0 Å². The number of hydrogen-bond donors (Lipinski definition) is 1. The summed E-state index contributed by atoms with van der Waals surface area (Å²) < 4.78 is 4.43. The van der Waals surface area contributed by atoms with Gasteiger partial charge in [0.2, 0.25) is 0 Å². The fourth-order valence-electron chi connectivity index (χ4n) is 2.28. The molecule has 4 nitrogen and oxygen atoms in total. The Kier molecular flexibility index (Phi) is 5.93. The van der Waals surface area contributed by atoms with Crippen molar-refractivity contribution in [1.82, 2.24) is 4.98 Å². The number of aliphatic hydroxyl groups is 1. The number of pyridine rings is 1. The molecule has 22 heavy (non-hydrogen) atoms. The molecule has 0 aliphatic rings. The van der Waals surface area contributed by atoms with Crippen molar-refractivity contribution in [2.24, 2.45) is 0 Å². The van der Waals surface area contributed by atoms with Crippen molar-refractivity contribution in [2.75, 3.05) is 7.11 Å².